The van der Waals surface area contributed by atoms with Gasteiger partial charge in [-0.25, -0.2) is 4.98 Å². The minimum absolute atomic E-state index is 0.222. The Kier molecular flexibility index (Phi) is 4.70. The van der Waals surface area contributed by atoms with Crippen molar-refractivity contribution in [2.24, 2.45) is 5.92 Å². The minimum Gasteiger partial charge on any atom is -0.356 e. The molecule has 0 saturated carbocycles. The number of hydrogen-bond donors (Lipinski definition) is 2. The quantitative estimate of drug-likeness (QED) is 0.873. The molecule has 1 aromatic heterocycles. The van der Waals surface area contributed by atoms with Crippen LogP contribution >= 0.6 is 0 Å². The molecule has 3 heterocycles. The molecule has 2 N–H and O–H groups in total. The molecule has 1 unspecified atom stereocenters. The Morgan fingerprint density at radius 2 is 2.19 bits per heavy atom. The van der Waals surface area contributed by atoms with Crippen molar-refractivity contribution in [3.05, 3.63) is 24.4 Å². The third-order valence-corrected chi connectivity index (χ3v) is 4.47. The Morgan fingerprint density at radius 1 is 1.33 bits per heavy atom. The summed E-state index contributed by atoms with van der Waals surface area (Å²) in [7, 11) is 0. The average Bonchev–Trinajstić information content (AvgIpc) is 3.02. The van der Waals surface area contributed by atoms with Gasteiger partial charge in [0.05, 0.1) is 0 Å². The van der Waals surface area contributed by atoms with Crippen molar-refractivity contribution in [2.75, 3.05) is 31.1 Å². The molecule has 0 aliphatic carbocycles. The standard InChI is InChI=1S/C16H24N4O/c21-16(11-13-4-8-17-12-13)19-14-5-9-20(10-6-14)15-3-1-2-7-18-15/h1-3,7,13-14,17H,4-6,8-12H2,(H,19,21). The molecule has 2 aliphatic rings. The molecule has 114 valence electrons. The number of rotatable bonds is 4. The molecule has 0 bridgehead atoms. The molecule has 1 amide bonds. The maximum atomic E-state index is 12.1. The summed E-state index contributed by atoms with van der Waals surface area (Å²) in [4.78, 5) is 18.7. The molecule has 2 saturated heterocycles. The first-order valence-corrected chi connectivity index (χ1v) is 7.97. The predicted molar refractivity (Wildman–Crippen MR) is 83.2 cm³/mol. The topological polar surface area (TPSA) is 57.3 Å². The summed E-state index contributed by atoms with van der Waals surface area (Å²) in [5.74, 6) is 1.79. The lowest BCUT2D eigenvalue weighted by Crippen LogP contribution is -2.45. The number of amides is 1. The Hall–Kier alpha value is -1.62. The van der Waals surface area contributed by atoms with Gasteiger partial charge in [-0.1, -0.05) is 6.07 Å². The third kappa shape index (κ3) is 3.94. The molecule has 21 heavy (non-hydrogen) atoms. The van der Waals surface area contributed by atoms with E-state index in [1.165, 1.54) is 0 Å². The Bertz CT molecular complexity index is 451. The summed E-state index contributed by atoms with van der Waals surface area (Å²) in [5.41, 5.74) is 0. The van der Waals surface area contributed by atoms with Crippen LogP contribution < -0.4 is 15.5 Å². The predicted octanol–water partition coefficient (Wildman–Crippen LogP) is 1.17. The zero-order chi connectivity index (χ0) is 14.5. The van der Waals surface area contributed by atoms with Crippen LogP contribution in [0.4, 0.5) is 5.82 Å². The molecule has 5 heteroatoms. The summed E-state index contributed by atoms with van der Waals surface area (Å²) in [6.07, 6.45) is 5.65. The molecular formula is C16H24N4O. The van der Waals surface area contributed by atoms with Gasteiger partial charge < -0.3 is 15.5 Å². The zero-order valence-electron chi connectivity index (χ0n) is 12.4. The lowest BCUT2D eigenvalue weighted by Gasteiger charge is -2.33. The maximum absolute atomic E-state index is 12.1. The third-order valence-electron chi connectivity index (χ3n) is 4.47. The Morgan fingerprint density at radius 3 is 2.86 bits per heavy atom. The van der Waals surface area contributed by atoms with Crippen LogP contribution in [0.15, 0.2) is 24.4 Å². The molecular weight excluding hydrogens is 264 g/mol. The van der Waals surface area contributed by atoms with E-state index in [2.05, 4.69) is 20.5 Å². The minimum atomic E-state index is 0.222. The van der Waals surface area contributed by atoms with Crippen LogP contribution in [0.2, 0.25) is 0 Å². The summed E-state index contributed by atoms with van der Waals surface area (Å²) in [6, 6.07) is 6.33. The molecule has 2 fully saturated rings. The van der Waals surface area contributed by atoms with Gasteiger partial charge in [0, 0.05) is 31.7 Å². The van der Waals surface area contributed by atoms with Crippen LogP contribution in [0.1, 0.15) is 25.7 Å². The fourth-order valence-electron chi connectivity index (χ4n) is 3.23. The summed E-state index contributed by atoms with van der Waals surface area (Å²) in [6.45, 7) is 3.98. The van der Waals surface area contributed by atoms with Gasteiger partial charge >= 0.3 is 0 Å². The van der Waals surface area contributed by atoms with Crippen LogP contribution in [0.25, 0.3) is 0 Å². The number of carbonyl (C=O) groups excluding carboxylic acids is 1. The molecule has 1 aromatic rings. The van der Waals surface area contributed by atoms with E-state index in [0.29, 0.717) is 18.4 Å². The number of aromatic nitrogens is 1. The van der Waals surface area contributed by atoms with Crippen molar-refractivity contribution in [1.29, 1.82) is 0 Å². The van der Waals surface area contributed by atoms with Crippen molar-refractivity contribution in [1.82, 2.24) is 15.6 Å². The van der Waals surface area contributed by atoms with Crippen molar-refractivity contribution in [3.63, 3.8) is 0 Å². The largest absolute Gasteiger partial charge is 0.356 e. The number of hydrogen-bond acceptors (Lipinski definition) is 4. The van der Waals surface area contributed by atoms with Crippen molar-refractivity contribution < 1.29 is 4.79 Å². The first-order chi connectivity index (χ1) is 10.3. The second-order valence-electron chi connectivity index (χ2n) is 6.08. The van der Waals surface area contributed by atoms with E-state index >= 15 is 0 Å². The molecule has 0 radical (unpaired) electrons. The number of anilines is 1. The Labute approximate surface area is 126 Å². The molecule has 2 aliphatic heterocycles. The molecule has 1 atom stereocenters. The van der Waals surface area contributed by atoms with Crippen LogP contribution in [-0.2, 0) is 4.79 Å². The Balaban J connectivity index is 1.42. The number of nitrogens with one attached hydrogen (secondary N) is 2. The first-order valence-electron chi connectivity index (χ1n) is 7.97. The van der Waals surface area contributed by atoms with E-state index in [1.807, 2.05) is 24.4 Å². The molecule has 5 nitrogen and oxygen atoms in total. The van der Waals surface area contributed by atoms with Gasteiger partial charge in [0.1, 0.15) is 5.82 Å². The van der Waals surface area contributed by atoms with Gasteiger partial charge in [-0.3, -0.25) is 4.79 Å². The van der Waals surface area contributed by atoms with E-state index in [1.54, 1.807) is 0 Å². The highest BCUT2D eigenvalue weighted by molar-refractivity contribution is 5.76. The number of nitrogens with zero attached hydrogens (tertiary/aromatic N) is 2. The highest BCUT2D eigenvalue weighted by Crippen LogP contribution is 2.18. The van der Waals surface area contributed by atoms with Crippen LogP contribution in [0, 0.1) is 5.92 Å². The second-order valence-corrected chi connectivity index (χ2v) is 6.08. The number of piperidine rings is 1. The van der Waals surface area contributed by atoms with Crippen LogP contribution in [0.5, 0.6) is 0 Å². The van der Waals surface area contributed by atoms with Crippen LogP contribution in [0.3, 0.4) is 0 Å². The summed E-state index contributed by atoms with van der Waals surface area (Å²) < 4.78 is 0. The number of carbonyl (C=O) groups is 1. The lowest BCUT2D eigenvalue weighted by atomic mass is 10.0. The molecule has 0 spiro atoms. The number of pyridine rings is 1. The van der Waals surface area contributed by atoms with Gasteiger partial charge in [0.25, 0.3) is 0 Å². The normalized spacial score (nSPS) is 23.2. The highest BCUT2D eigenvalue weighted by Gasteiger charge is 2.23. The van der Waals surface area contributed by atoms with E-state index < -0.39 is 0 Å². The summed E-state index contributed by atoms with van der Waals surface area (Å²) in [5, 5.41) is 6.52. The van der Waals surface area contributed by atoms with Crippen molar-refractivity contribution in [3.8, 4) is 0 Å². The van der Waals surface area contributed by atoms with Gasteiger partial charge in [0.2, 0.25) is 5.91 Å². The smallest absolute Gasteiger partial charge is 0.220 e. The van der Waals surface area contributed by atoms with Gasteiger partial charge in [0.15, 0.2) is 0 Å². The highest BCUT2D eigenvalue weighted by atomic mass is 16.1. The van der Waals surface area contributed by atoms with E-state index in [0.717, 1.165) is 51.3 Å². The van der Waals surface area contributed by atoms with Crippen molar-refractivity contribution in [2.45, 2.75) is 31.7 Å². The van der Waals surface area contributed by atoms with Crippen LogP contribution in [-0.4, -0.2) is 43.1 Å². The van der Waals surface area contributed by atoms with Gasteiger partial charge in [-0.15, -0.1) is 0 Å². The van der Waals surface area contributed by atoms with E-state index in [4.69, 9.17) is 0 Å². The second kappa shape index (κ2) is 6.89. The summed E-state index contributed by atoms with van der Waals surface area (Å²) >= 11 is 0. The average molecular weight is 288 g/mol. The molecule has 0 aromatic carbocycles. The fourth-order valence-corrected chi connectivity index (χ4v) is 3.23. The fraction of sp³-hybridized carbons (Fsp3) is 0.625. The molecule has 3 rings (SSSR count). The van der Waals surface area contributed by atoms with Gasteiger partial charge in [-0.05, 0) is 50.4 Å². The lowest BCUT2D eigenvalue weighted by molar-refractivity contribution is -0.122. The first kappa shape index (κ1) is 14.3. The SMILES string of the molecule is O=C(CC1CCNC1)NC1CCN(c2ccccn2)CC1. The van der Waals surface area contributed by atoms with E-state index in [-0.39, 0.29) is 5.91 Å². The van der Waals surface area contributed by atoms with E-state index in [9.17, 15) is 4.79 Å². The van der Waals surface area contributed by atoms with Gasteiger partial charge in [-0.2, -0.15) is 0 Å². The zero-order valence-corrected chi connectivity index (χ0v) is 12.4. The monoisotopic (exact) mass is 288 g/mol. The maximum Gasteiger partial charge on any atom is 0.220 e. The van der Waals surface area contributed by atoms with Crippen molar-refractivity contribution >= 4 is 11.7 Å².